The van der Waals surface area contributed by atoms with Crippen LogP contribution in [0.2, 0.25) is 0 Å². The largest absolute Gasteiger partial charge is 0.495 e. The van der Waals surface area contributed by atoms with E-state index in [0.717, 1.165) is 0 Å². The molecular weight excluding hydrogens is 412 g/mol. The Kier molecular flexibility index (Phi) is 5.82. The molecule has 4 rings (SSSR count). The molecule has 0 atom stereocenters. The molecular formula is C21H19ClN2O6. The van der Waals surface area contributed by atoms with Crippen molar-refractivity contribution >= 4 is 40.8 Å². The zero-order valence-corrected chi connectivity index (χ0v) is 17.1. The Morgan fingerprint density at radius 2 is 1.60 bits per heavy atom. The third-order valence-corrected chi connectivity index (χ3v) is 4.82. The van der Waals surface area contributed by atoms with Crippen LogP contribution in [-0.2, 0) is 0 Å². The van der Waals surface area contributed by atoms with E-state index in [9.17, 15) is 14.4 Å². The lowest BCUT2D eigenvalue weighted by atomic mass is 9.82. The number of nitrogens with two attached hydrogens (primary N) is 1. The van der Waals surface area contributed by atoms with Gasteiger partial charge in [0.05, 0.1) is 30.7 Å². The van der Waals surface area contributed by atoms with Gasteiger partial charge in [-0.2, -0.15) is 0 Å². The van der Waals surface area contributed by atoms with Crippen LogP contribution >= 0.6 is 12.4 Å². The van der Waals surface area contributed by atoms with Crippen LogP contribution in [0.3, 0.4) is 0 Å². The van der Waals surface area contributed by atoms with Crippen molar-refractivity contribution in [1.29, 1.82) is 0 Å². The number of halogens is 1. The number of nitrogens with one attached hydrogen (secondary N) is 1. The Morgan fingerprint density at radius 3 is 2.13 bits per heavy atom. The van der Waals surface area contributed by atoms with Crippen LogP contribution in [0, 0.1) is 0 Å². The first-order valence-electron chi connectivity index (χ1n) is 8.91. The van der Waals surface area contributed by atoms with E-state index < -0.39 is 5.91 Å². The number of ketones is 2. The fraction of sp³-hybridized carbons (Fsp3) is 0.190. The van der Waals surface area contributed by atoms with Gasteiger partial charge < -0.3 is 24.9 Å². The number of amides is 1. The molecule has 8 nitrogen and oxygen atoms in total. The zero-order valence-electron chi connectivity index (χ0n) is 16.2. The number of rotatable bonds is 5. The van der Waals surface area contributed by atoms with Gasteiger partial charge in [0.15, 0.2) is 28.7 Å². The average molecular weight is 431 g/mol. The van der Waals surface area contributed by atoms with Crippen LogP contribution in [0.5, 0.6) is 11.5 Å². The first-order valence-corrected chi connectivity index (χ1v) is 8.91. The average Bonchev–Trinajstić information content (AvgIpc) is 3.19. The molecule has 1 aromatic heterocycles. The van der Waals surface area contributed by atoms with Crippen LogP contribution in [-0.4, -0.2) is 44.8 Å². The van der Waals surface area contributed by atoms with Crippen molar-refractivity contribution < 1.29 is 28.3 Å². The zero-order chi connectivity index (χ0) is 20.7. The maximum atomic E-state index is 13.2. The lowest BCUT2D eigenvalue weighted by Crippen LogP contribution is -2.28. The van der Waals surface area contributed by atoms with Gasteiger partial charge in [-0.05, 0) is 0 Å². The highest BCUT2D eigenvalue weighted by Gasteiger charge is 2.38. The van der Waals surface area contributed by atoms with E-state index in [4.69, 9.17) is 19.6 Å². The number of ether oxygens (including phenoxy) is 2. The molecule has 1 amide bonds. The summed E-state index contributed by atoms with van der Waals surface area (Å²) in [5.41, 5.74) is 6.28. The molecule has 9 heteroatoms. The lowest BCUT2D eigenvalue weighted by Gasteiger charge is -2.22. The van der Waals surface area contributed by atoms with Gasteiger partial charge in [-0.15, -0.1) is 12.4 Å². The first-order chi connectivity index (χ1) is 14.0. The number of furan rings is 1. The molecule has 0 bridgehead atoms. The van der Waals surface area contributed by atoms with Gasteiger partial charge in [0, 0.05) is 30.3 Å². The second-order valence-electron chi connectivity index (χ2n) is 6.42. The van der Waals surface area contributed by atoms with Crippen molar-refractivity contribution in [2.75, 3.05) is 27.3 Å². The summed E-state index contributed by atoms with van der Waals surface area (Å²) >= 11 is 0. The van der Waals surface area contributed by atoms with E-state index in [-0.39, 0.29) is 82.2 Å². The van der Waals surface area contributed by atoms with Crippen LogP contribution in [0.1, 0.15) is 42.4 Å². The first kappa shape index (κ1) is 21.4. The monoisotopic (exact) mass is 430 g/mol. The van der Waals surface area contributed by atoms with Crippen LogP contribution in [0.4, 0.5) is 0 Å². The summed E-state index contributed by atoms with van der Waals surface area (Å²) in [6.07, 6.45) is 0. The van der Waals surface area contributed by atoms with Crippen molar-refractivity contribution in [2.45, 2.75) is 0 Å². The van der Waals surface area contributed by atoms with Crippen molar-refractivity contribution in [3.63, 3.8) is 0 Å². The van der Waals surface area contributed by atoms with E-state index >= 15 is 0 Å². The Bertz CT molecular complexity index is 1100. The summed E-state index contributed by atoms with van der Waals surface area (Å²) in [5.74, 6) is -0.980. The number of benzene rings is 2. The maximum absolute atomic E-state index is 13.2. The summed E-state index contributed by atoms with van der Waals surface area (Å²) in [4.78, 5) is 38.7. The van der Waals surface area contributed by atoms with Crippen molar-refractivity contribution in [3.05, 3.63) is 58.3 Å². The molecule has 0 aliphatic heterocycles. The molecule has 0 radical (unpaired) electrons. The predicted molar refractivity (Wildman–Crippen MR) is 111 cm³/mol. The maximum Gasteiger partial charge on any atom is 0.287 e. The number of methoxy groups -OCH3 is 2. The van der Waals surface area contributed by atoms with Crippen LogP contribution < -0.4 is 20.5 Å². The number of carbonyl (C=O) groups is 3. The van der Waals surface area contributed by atoms with Crippen molar-refractivity contribution in [1.82, 2.24) is 5.32 Å². The number of fused-ring (bicyclic) bond motifs is 3. The highest BCUT2D eigenvalue weighted by molar-refractivity contribution is 6.32. The van der Waals surface area contributed by atoms with Gasteiger partial charge in [0.2, 0.25) is 0 Å². The third-order valence-electron chi connectivity index (χ3n) is 4.82. The van der Waals surface area contributed by atoms with E-state index in [1.807, 2.05) is 0 Å². The second kappa shape index (κ2) is 8.17. The topological polar surface area (TPSA) is 121 Å². The molecule has 0 fully saturated rings. The minimum Gasteiger partial charge on any atom is -0.495 e. The molecule has 0 spiro atoms. The quantitative estimate of drug-likeness (QED) is 0.498. The lowest BCUT2D eigenvalue weighted by molar-refractivity contribution is 0.0928. The molecule has 0 unspecified atom stereocenters. The van der Waals surface area contributed by atoms with Gasteiger partial charge in [0.1, 0.15) is 5.75 Å². The molecule has 0 saturated carbocycles. The van der Waals surface area contributed by atoms with Crippen molar-refractivity contribution in [3.8, 4) is 11.5 Å². The van der Waals surface area contributed by atoms with Gasteiger partial charge in [-0.3, -0.25) is 14.4 Å². The summed E-state index contributed by atoms with van der Waals surface area (Å²) in [5, 5.41) is 2.98. The standard InChI is InChI=1S/C21H18N2O6.ClH/c1-27-18-12-9-13(21(26)23-8-7-22)29-19(12)20(28-2)15-14(18)16(24)10-5-3-4-6-11(10)17(15)25;/h3-6,9H,7-8,22H2,1-2H3,(H,23,26);1H. The number of hydrogen-bond acceptors (Lipinski definition) is 7. The normalized spacial score (nSPS) is 12.1. The highest BCUT2D eigenvalue weighted by atomic mass is 35.5. The number of hydrogen-bond donors (Lipinski definition) is 2. The molecule has 156 valence electrons. The SMILES string of the molecule is COc1c2c(c(OC)c3oc(C(=O)NCCN)cc13)C(=O)c1ccccc1C2=O.Cl. The van der Waals surface area contributed by atoms with E-state index in [1.165, 1.54) is 20.3 Å². The molecule has 3 N–H and O–H groups in total. The van der Waals surface area contributed by atoms with E-state index in [2.05, 4.69) is 5.32 Å². The van der Waals surface area contributed by atoms with Gasteiger partial charge in [-0.25, -0.2) is 0 Å². The molecule has 1 heterocycles. The number of carbonyl (C=O) groups excluding carboxylic acids is 3. The van der Waals surface area contributed by atoms with Gasteiger partial charge >= 0.3 is 0 Å². The molecule has 3 aromatic rings. The molecule has 0 saturated heterocycles. The van der Waals surface area contributed by atoms with E-state index in [0.29, 0.717) is 5.39 Å². The summed E-state index contributed by atoms with van der Waals surface area (Å²) in [6.45, 7) is 0.543. The van der Waals surface area contributed by atoms with Crippen molar-refractivity contribution in [2.24, 2.45) is 5.73 Å². The van der Waals surface area contributed by atoms with Gasteiger partial charge in [-0.1, -0.05) is 24.3 Å². The minimum atomic E-state index is -0.477. The second-order valence-corrected chi connectivity index (χ2v) is 6.42. The molecule has 1 aliphatic rings. The Hall–Kier alpha value is -3.36. The Morgan fingerprint density at radius 1 is 1.03 bits per heavy atom. The summed E-state index contributed by atoms with van der Waals surface area (Å²) in [7, 11) is 2.76. The minimum absolute atomic E-state index is 0. The molecule has 30 heavy (non-hydrogen) atoms. The molecule has 2 aromatic carbocycles. The molecule has 1 aliphatic carbocycles. The Balaban J connectivity index is 0.00000256. The highest BCUT2D eigenvalue weighted by Crippen LogP contribution is 2.46. The van der Waals surface area contributed by atoms with Gasteiger partial charge in [0.25, 0.3) is 5.91 Å². The summed E-state index contributed by atoms with van der Waals surface area (Å²) in [6, 6.07) is 8.01. The Labute approximate surface area is 177 Å². The smallest absolute Gasteiger partial charge is 0.287 e. The summed E-state index contributed by atoms with van der Waals surface area (Å²) < 4.78 is 16.7. The third kappa shape index (κ3) is 3.01. The van der Waals surface area contributed by atoms with Crippen LogP contribution in [0.25, 0.3) is 11.0 Å². The fourth-order valence-corrected chi connectivity index (χ4v) is 3.58. The fourth-order valence-electron chi connectivity index (χ4n) is 3.58. The predicted octanol–water partition coefficient (Wildman–Crippen LogP) is 2.34. The van der Waals surface area contributed by atoms with Crippen LogP contribution in [0.15, 0.2) is 34.7 Å². The van der Waals surface area contributed by atoms with E-state index in [1.54, 1.807) is 24.3 Å².